The highest BCUT2D eigenvalue weighted by atomic mass is 32.2. The fraction of sp³-hybridized carbons (Fsp3) is 0.429. The van der Waals surface area contributed by atoms with Gasteiger partial charge in [0.05, 0.1) is 30.4 Å². The summed E-state index contributed by atoms with van der Waals surface area (Å²) >= 11 is 0. The Morgan fingerprint density at radius 2 is 1.79 bits per heavy atom. The molecule has 0 radical (unpaired) electrons. The van der Waals surface area contributed by atoms with Gasteiger partial charge in [0.1, 0.15) is 0 Å². The standard InChI is InChI=1S/C21H29N5O2S/c1-5-29(27,28)21-22-12-20(26(21)15-18-9-7-6-8-10-18)16-25(17(2)3)14-19-11-23-24(4)13-19/h6-13,17H,5,14-16H2,1-4H3. The van der Waals surface area contributed by atoms with E-state index >= 15 is 0 Å². The van der Waals surface area contributed by atoms with Crippen LogP contribution in [0.2, 0.25) is 0 Å². The van der Waals surface area contributed by atoms with Gasteiger partial charge < -0.3 is 4.57 Å². The first-order chi connectivity index (χ1) is 13.8. The van der Waals surface area contributed by atoms with Crippen LogP contribution >= 0.6 is 0 Å². The molecule has 0 spiro atoms. The lowest BCUT2D eigenvalue weighted by atomic mass is 10.2. The number of aryl methyl sites for hydroxylation is 1. The fourth-order valence-corrected chi connectivity index (χ4v) is 4.24. The molecule has 0 aliphatic carbocycles. The molecule has 2 aromatic heterocycles. The van der Waals surface area contributed by atoms with Crippen molar-refractivity contribution in [2.75, 3.05) is 5.75 Å². The monoisotopic (exact) mass is 415 g/mol. The lowest BCUT2D eigenvalue weighted by Crippen LogP contribution is -2.31. The zero-order chi connectivity index (χ0) is 21.0. The second-order valence-electron chi connectivity index (χ2n) is 7.53. The maximum atomic E-state index is 12.6. The molecule has 3 aromatic rings. The molecule has 7 nitrogen and oxygen atoms in total. The summed E-state index contributed by atoms with van der Waals surface area (Å²) in [5.74, 6) is 0.0296. The van der Waals surface area contributed by atoms with Crippen molar-refractivity contribution >= 4 is 9.84 Å². The molecule has 0 saturated carbocycles. The Kier molecular flexibility index (Phi) is 6.54. The van der Waals surface area contributed by atoms with E-state index in [4.69, 9.17) is 0 Å². The van der Waals surface area contributed by atoms with E-state index in [2.05, 4.69) is 28.8 Å². The number of rotatable bonds is 9. The Labute approximate surface area is 172 Å². The summed E-state index contributed by atoms with van der Waals surface area (Å²) in [7, 11) is -1.52. The molecule has 0 aliphatic rings. The number of hydrogen-bond donors (Lipinski definition) is 0. The van der Waals surface area contributed by atoms with Gasteiger partial charge in [-0.05, 0) is 19.4 Å². The lowest BCUT2D eigenvalue weighted by molar-refractivity contribution is 0.198. The van der Waals surface area contributed by atoms with Gasteiger partial charge in [-0.3, -0.25) is 9.58 Å². The van der Waals surface area contributed by atoms with Crippen LogP contribution in [0.25, 0.3) is 0 Å². The molecule has 0 unspecified atom stereocenters. The Morgan fingerprint density at radius 1 is 1.07 bits per heavy atom. The van der Waals surface area contributed by atoms with E-state index in [9.17, 15) is 8.42 Å². The maximum Gasteiger partial charge on any atom is 0.228 e. The van der Waals surface area contributed by atoms with Gasteiger partial charge in [-0.25, -0.2) is 13.4 Å². The van der Waals surface area contributed by atoms with Gasteiger partial charge in [0.15, 0.2) is 0 Å². The minimum Gasteiger partial charge on any atom is -0.313 e. The van der Waals surface area contributed by atoms with Gasteiger partial charge in [0, 0.05) is 37.9 Å². The summed E-state index contributed by atoms with van der Waals surface area (Å²) in [6.45, 7) is 7.74. The molecule has 29 heavy (non-hydrogen) atoms. The summed E-state index contributed by atoms with van der Waals surface area (Å²) in [6.07, 6.45) is 5.57. The van der Waals surface area contributed by atoms with Gasteiger partial charge in [0.2, 0.25) is 15.0 Å². The van der Waals surface area contributed by atoms with Gasteiger partial charge >= 0.3 is 0 Å². The van der Waals surface area contributed by atoms with E-state index in [1.807, 2.05) is 54.3 Å². The first-order valence-electron chi connectivity index (χ1n) is 9.82. The molecular formula is C21H29N5O2S. The van der Waals surface area contributed by atoms with Crippen LogP contribution in [-0.4, -0.2) is 44.4 Å². The molecule has 1 aromatic carbocycles. The Balaban J connectivity index is 1.94. The molecule has 3 rings (SSSR count). The number of imidazole rings is 1. The number of benzene rings is 1. The van der Waals surface area contributed by atoms with Crippen LogP contribution in [0, 0.1) is 0 Å². The van der Waals surface area contributed by atoms with Crippen LogP contribution in [0.1, 0.15) is 37.6 Å². The van der Waals surface area contributed by atoms with Gasteiger partial charge in [-0.1, -0.05) is 37.3 Å². The molecule has 0 bridgehead atoms. The lowest BCUT2D eigenvalue weighted by Gasteiger charge is -2.26. The molecule has 0 aliphatic heterocycles. The van der Waals surface area contributed by atoms with Crippen LogP contribution in [0.5, 0.6) is 0 Å². The predicted molar refractivity (Wildman–Crippen MR) is 113 cm³/mol. The third-order valence-corrected chi connectivity index (χ3v) is 6.62. The average Bonchev–Trinajstić information content (AvgIpc) is 3.28. The van der Waals surface area contributed by atoms with E-state index in [0.29, 0.717) is 13.1 Å². The van der Waals surface area contributed by atoms with E-state index in [1.54, 1.807) is 17.8 Å². The summed E-state index contributed by atoms with van der Waals surface area (Å²) in [4.78, 5) is 6.60. The van der Waals surface area contributed by atoms with Crippen LogP contribution in [-0.2, 0) is 36.5 Å². The smallest absolute Gasteiger partial charge is 0.228 e. The van der Waals surface area contributed by atoms with Crippen LogP contribution in [0.3, 0.4) is 0 Å². The second kappa shape index (κ2) is 8.92. The summed E-state index contributed by atoms with van der Waals surface area (Å²) in [6, 6.07) is 10.2. The van der Waals surface area contributed by atoms with Crippen molar-refractivity contribution < 1.29 is 8.42 Å². The minimum absolute atomic E-state index is 0.0296. The third kappa shape index (κ3) is 5.13. The molecule has 0 saturated heterocycles. The minimum atomic E-state index is -3.42. The maximum absolute atomic E-state index is 12.6. The van der Waals surface area contributed by atoms with Crippen molar-refractivity contribution in [1.82, 2.24) is 24.2 Å². The van der Waals surface area contributed by atoms with E-state index in [1.165, 1.54) is 0 Å². The highest BCUT2D eigenvalue weighted by molar-refractivity contribution is 7.91. The highest BCUT2D eigenvalue weighted by Crippen LogP contribution is 2.19. The molecule has 0 atom stereocenters. The van der Waals surface area contributed by atoms with E-state index in [-0.39, 0.29) is 17.0 Å². The van der Waals surface area contributed by atoms with Crippen LogP contribution < -0.4 is 0 Å². The van der Waals surface area contributed by atoms with Crippen molar-refractivity contribution in [3.8, 4) is 0 Å². The third-order valence-electron chi connectivity index (χ3n) is 4.98. The Bertz CT molecular complexity index is 1040. The molecule has 0 fully saturated rings. The van der Waals surface area contributed by atoms with E-state index < -0.39 is 9.84 Å². The molecule has 2 heterocycles. The predicted octanol–water partition coefficient (Wildman–Crippen LogP) is 2.87. The summed E-state index contributed by atoms with van der Waals surface area (Å²) in [5.41, 5.74) is 3.05. The largest absolute Gasteiger partial charge is 0.313 e. The zero-order valence-electron chi connectivity index (χ0n) is 17.5. The highest BCUT2D eigenvalue weighted by Gasteiger charge is 2.23. The number of hydrogen-bond acceptors (Lipinski definition) is 5. The van der Waals surface area contributed by atoms with Crippen molar-refractivity contribution in [3.05, 3.63) is 65.7 Å². The summed E-state index contributed by atoms with van der Waals surface area (Å²) < 4.78 is 28.9. The fourth-order valence-electron chi connectivity index (χ4n) is 3.25. The first-order valence-corrected chi connectivity index (χ1v) is 11.5. The van der Waals surface area contributed by atoms with E-state index in [0.717, 1.165) is 23.4 Å². The Morgan fingerprint density at radius 3 is 2.38 bits per heavy atom. The average molecular weight is 416 g/mol. The van der Waals surface area contributed by atoms with Crippen molar-refractivity contribution in [3.63, 3.8) is 0 Å². The molecular weight excluding hydrogens is 386 g/mol. The zero-order valence-corrected chi connectivity index (χ0v) is 18.3. The van der Waals surface area contributed by atoms with Crippen LogP contribution in [0.4, 0.5) is 0 Å². The number of sulfone groups is 1. The van der Waals surface area contributed by atoms with Crippen LogP contribution in [0.15, 0.2) is 54.1 Å². The summed E-state index contributed by atoms with van der Waals surface area (Å²) in [5, 5.41) is 4.39. The van der Waals surface area contributed by atoms with Gasteiger partial charge in [-0.15, -0.1) is 0 Å². The quantitative estimate of drug-likeness (QED) is 0.537. The topological polar surface area (TPSA) is 73.0 Å². The van der Waals surface area contributed by atoms with Crippen molar-refractivity contribution in [2.45, 2.75) is 51.6 Å². The van der Waals surface area contributed by atoms with Crippen molar-refractivity contribution in [1.29, 1.82) is 0 Å². The molecule has 156 valence electrons. The molecule has 8 heteroatoms. The molecule has 0 amide bonds. The second-order valence-corrected chi connectivity index (χ2v) is 9.70. The Hall–Kier alpha value is -2.45. The molecule has 0 N–H and O–H groups in total. The van der Waals surface area contributed by atoms with Gasteiger partial charge in [-0.2, -0.15) is 5.10 Å². The van der Waals surface area contributed by atoms with Crippen molar-refractivity contribution in [2.24, 2.45) is 7.05 Å². The number of aromatic nitrogens is 4. The number of nitrogens with zero attached hydrogens (tertiary/aromatic N) is 5. The first kappa shape index (κ1) is 21.3. The normalized spacial score (nSPS) is 12.2. The SMILES string of the molecule is CCS(=O)(=O)c1ncc(CN(Cc2cnn(C)c2)C(C)C)n1Cc1ccccc1. The van der Waals surface area contributed by atoms with Gasteiger partial charge in [0.25, 0.3) is 0 Å².